The molecule has 4 nitrogen and oxygen atoms in total. The predicted octanol–water partition coefficient (Wildman–Crippen LogP) is 2.84. The smallest absolute Gasteiger partial charge is 0.321 e. The van der Waals surface area contributed by atoms with Gasteiger partial charge in [0.05, 0.1) is 0 Å². The van der Waals surface area contributed by atoms with Crippen molar-refractivity contribution < 1.29 is 4.79 Å². The van der Waals surface area contributed by atoms with Crippen molar-refractivity contribution in [1.82, 2.24) is 9.88 Å². The van der Waals surface area contributed by atoms with Crippen LogP contribution in [0.4, 0.5) is 10.5 Å². The van der Waals surface area contributed by atoms with Crippen LogP contribution in [-0.4, -0.2) is 30.0 Å². The van der Waals surface area contributed by atoms with E-state index in [1.165, 1.54) is 4.90 Å². The minimum Gasteiger partial charge on any atom is -0.331 e. The summed E-state index contributed by atoms with van der Waals surface area (Å²) in [5.41, 5.74) is 2.83. The highest BCUT2D eigenvalue weighted by molar-refractivity contribution is 5.89. The number of hydrogen-bond donors (Lipinski definition) is 1. The molecule has 92 valence electrons. The van der Waals surface area contributed by atoms with Gasteiger partial charge in [-0.25, -0.2) is 4.79 Å². The second-order valence-electron chi connectivity index (χ2n) is 4.15. The summed E-state index contributed by atoms with van der Waals surface area (Å²) in [7, 11) is 3.42. The molecule has 0 aliphatic rings. The van der Waals surface area contributed by atoms with Crippen LogP contribution in [0.25, 0.3) is 11.1 Å². The second-order valence-corrected chi connectivity index (χ2v) is 4.15. The number of hydrogen-bond acceptors (Lipinski definition) is 2. The quantitative estimate of drug-likeness (QED) is 0.878. The van der Waals surface area contributed by atoms with E-state index in [4.69, 9.17) is 0 Å². The number of pyridine rings is 1. The molecule has 0 saturated carbocycles. The molecule has 1 heterocycles. The van der Waals surface area contributed by atoms with Gasteiger partial charge in [0.15, 0.2) is 0 Å². The van der Waals surface area contributed by atoms with Crippen LogP contribution in [0.2, 0.25) is 0 Å². The second kappa shape index (κ2) is 5.31. The van der Waals surface area contributed by atoms with Crippen LogP contribution in [0, 0.1) is 0 Å². The van der Waals surface area contributed by atoms with Gasteiger partial charge in [0.25, 0.3) is 0 Å². The average molecular weight is 241 g/mol. The summed E-state index contributed by atoms with van der Waals surface area (Å²) < 4.78 is 0. The molecule has 1 aromatic carbocycles. The summed E-state index contributed by atoms with van der Waals surface area (Å²) >= 11 is 0. The molecule has 0 spiro atoms. The van der Waals surface area contributed by atoms with Crippen LogP contribution in [0.1, 0.15) is 0 Å². The number of benzene rings is 1. The van der Waals surface area contributed by atoms with Crippen molar-refractivity contribution in [2.75, 3.05) is 19.4 Å². The van der Waals surface area contributed by atoms with Gasteiger partial charge in [-0.1, -0.05) is 18.2 Å². The van der Waals surface area contributed by atoms with E-state index in [0.717, 1.165) is 16.8 Å². The van der Waals surface area contributed by atoms with Crippen molar-refractivity contribution in [3.8, 4) is 11.1 Å². The highest BCUT2D eigenvalue weighted by atomic mass is 16.2. The van der Waals surface area contributed by atoms with Crippen molar-refractivity contribution in [3.05, 3.63) is 48.8 Å². The lowest BCUT2D eigenvalue weighted by Gasteiger charge is -2.12. The Hall–Kier alpha value is -2.36. The Bertz CT molecular complexity index is 538. The van der Waals surface area contributed by atoms with Gasteiger partial charge in [-0.3, -0.25) is 4.98 Å². The van der Waals surface area contributed by atoms with Crippen molar-refractivity contribution in [3.63, 3.8) is 0 Å². The van der Waals surface area contributed by atoms with Crippen molar-refractivity contribution in [2.45, 2.75) is 0 Å². The summed E-state index contributed by atoms with van der Waals surface area (Å²) in [4.78, 5) is 17.1. The Morgan fingerprint density at radius 2 is 1.94 bits per heavy atom. The Balaban J connectivity index is 2.23. The minimum atomic E-state index is -0.140. The van der Waals surface area contributed by atoms with E-state index in [0.29, 0.717) is 0 Å². The number of carbonyl (C=O) groups is 1. The fourth-order valence-electron chi connectivity index (χ4n) is 1.55. The van der Waals surface area contributed by atoms with Gasteiger partial charge in [-0.05, 0) is 23.8 Å². The molecule has 2 amide bonds. The standard InChI is InChI=1S/C14H15N3O/c1-17(2)14(18)16-13-7-3-5-11(9-13)12-6-4-8-15-10-12/h3-10H,1-2H3,(H,16,18). The van der Waals surface area contributed by atoms with E-state index < -0.39 is 0 Å². The average Bonchev–Trinajstić information content (AvgIpc) is 2.40. The molecular formula is C14H15N3O. The Labute approximate surface area is 106 Å². The van der Waals surface area contributed by atoms with Gasteiger partial charge in [-0.2, -0.15) is 0 Å². The molecule has 0 bridgehead atoms. The van der Waals surface area contributed by atoms with Crippen molar-refractivity contribution in [2.24, 2.45) is 0 Å². The highest BCUT2D eigenvalue weighted by Crippen LogP contribution is 2.21. The first-order valence-electron chi connectivity index (χ1n) is 5.65. The zero-order chi connectivity index (χ0) is 13.0. The summed E-state index contributed by atoms with van der Waals surface area (Å²) in [6, 6.07) is 11.4. The number of aromatic nitrogens is 1. The maximum absolute atomic E-state index is 11.6. The summed E-state index contributed by atoms with van der Waals surface area (Å²) in [5.74, 6) is 0. The third-order valence-corrected chi connectivity index (χ3v) is 2.51. The molecule has 2 aromatic rings. The Kier molecular flexibility index (Phi) is 3.57. The van der Waals surface area contributed by atoms with Gasteiger partial charge in [0.2, 0.25) is 0 Å². The molecule has 0 fully saturated rings. The molecule has 0 aliphatic carbocycles. The number of nitrogens with one attached hydrogen (secondary N) is 1. The number of nitrogens with zero attached hydrogens (tertiary/aromatic N) is 2. The lowest BCUT2D eigenvalue weighted by atomic mass is 10.1. The minimum absolute atomic E-state index is 0.140. The summed E-state index contributed by atoms with van der Waals surface area (Å²) in [5, 5.41) is 2.82. The van der Waals surface area contributed by atoms with Crippen LogP contribution in [-0.2, 0) is 0 Å². The first-order chi connectivity index (χ1) is 8.66. The van der Waals surface area contributed by atoms with Crippen LogP contribution >= 0.6 is 0 Å². The lowest BCUT2D eigenvalue weighted by Crippen LogP contribution is -2.27. The number of amides is 2. The van der Waals surface area contributed by atoms with E-state index in [1.54, 1.807) is 26.5 Å². The number of urea groups is 1. The van der Waals surface area contributed by atoms with Gasteiger partial charge in [-0.15, -0.1) is 0 Å². The third kappa shape index (κ3) is 2.85. The SMILES string of the molecule is CN(C)C(=O)Nc1cccc(-c2cccnc2)c1. The number of anilines is 1. The molecule has 2 rings (SSSR count). The van der Waals surface area contributed by atoms with Crippen molar-refractivity contribution in [1.29, 1.82) is 0 Å². The predicted molar refractivity (Wildman–Crippen MR) is 72.4 cm³/mol. The molecule has 0 aliphatic heterocycles. The summed E-state index contributed by atoms with van der Waals surface area (Å²) in [6.45, 7) is 0. The first kappa shape index (κ1) is 12.1. The molecule has 1 aromatic heterocycles. The zero-order valence-electron chi connectivity index (χ0n) is 10.4. The van der Waals surface area contributed by atoms with E-state index in [1.807, 2.05) is 36.4 Å². The van der Waals surface area contributed by atoms with Crippen LogP contribution in [0.3, 0.4) is 0 Å². The van der Waals surface area contributed by atoms with Crippen LogP contribution in [0.15, 0.2) is 48.8 Å². The van der Waals surface area contributed by atoms with E-state index in [-0.39, 0.29) is 6.03 Å². The Morgan fingerprint density at radius 1 is 1.17 bits per heavy atom. The van der Waals surface area contributed by atoms with E-state index >= 15 is 0 Å². The van der Waals surface area contributed by atoms with Gasteiger partial charge in [0.1, 0.15) is 0 Å². The molecular weight excluding hydrogens is 226 g/mol. The number of rotatable bonds is 2. The normalized spacial score (nSPS) is 9.89. The lowest BCUT2D eigenvalue weighted by molar-refractivity contribution is 0.230. The maximum atomic E-state index is 11.6. The zero-order valence-corrected chi connectivity index (χ0v) is 10.4. The summed E-state index contributed by atoms with van der Waals surface area (Å²) in [6.07, 6.45) is 3.54. The number of carbonyl (C=O) groups excluding carboxylic acids is 1. The topological polar surface area (TPSA) is 45.2 Å². The van der Waals surface area contributed by atoms with Gasteiger partial charge >= 0.3 is 6.03 Å². The third-order valence-electron chi connectivity index (χ3n) is 2.51. The first-order valence-corrected chi connectivity index (χ1v) is 5.65. The maximum Gasteiger partial charge on any atom is 0.321 e. The van der Waals surface area contributed by atoms with Crippen LogP contribution < -0.4 is 5.32 Å². The largest absolute Gasteiger partial charge is 0.331 e. The molecule has 0 radical (unpaired) electrons. The molecule has 0 saturated heterocycles. The Morgan fingerprint density at radius 3 is 2.61 bits per heavy atom. The fourth-order valence-corrected chi connectivity index (χ4v) is 1.55. The van der Waals surface area contributed by atoms with Gasteiger partial charge in [0, 0.05) is 37.7 Å². The van der Waals surface area contributed by atoms with E-state index in [2.05, 4.69) is 10.3 Å². The van der Waals surface area contributed by atoms with Crippen LogP contribution in [0.5, 0.6) is 0 Å². The highest BCUT2D eigenvalue weighted by Gasteiger charge is 2.04. The van der Waals surface area contributed by atoms with Gasteiger partial charge < -0.3 is 10.2 Å². The monoisotopic (exact) mass is 241 g/mol. The molecule has 0 unspecified atom stereocenters. The molecule has 0 atom stereocenters. The molecule has 18 heavy (non-hydrogen) atoms. The molecule has 1 N–H and O–H groups in total. The fraction of sp³-hybridized carbons (Fsp3) is 0.143. The van der Waals surface area contributed by atoms with Crippen molar-refractivity contribution >= 4 is 11.7 Å². The van der Waals surface area contributed by atoms with E-state index in [9.17, 15) is 4.79 Å². The molecule has 4 heteroatoms.